The first-order chi connectivity index (χ1) is 8.65. The summed E-state index contributed by atoms with van der Waals surface area (Å²) < 4.78 is 1.94. The van der Waals surface area contributed by atoms with Gasteiger partial charge in [0.2, 0.25) is 0 Å². The lowest BCUT2D eigenvalue weighted by Crippen LogP contribution is -2.17. The van der Waals surface area contributed by atoms with E-state index >= 15 is 0 Å². The molecule has 2 aromatic heterocycles. The molecule has 98 valence electrons. The second-order valence-corrected chi connectivity index (χ2v) is 5.51. The van der Waals surface area contributed by atoms with E-state index in [2.05, 4.69) is 42.8 Å². The van der Waals surface area contributed by atoms with Crippen LogP contribution in [-0.2, 0) is 6.54 Å². The van der Waals surface area contributed by atoms with Gasteiger partial charge in [-0.15, -0.1) is 11.3 Å². The van der Waals surface area contributed by atoms with Crippen LogP contribution in [0.15, 0.2) is 17.8 Å². The van der Waals surface area contributed by atoms with E-state index in [9.17, 15) is 0 Å². The van der Waals surface area contributed by atoms with Gasteiger partial charge in [-0.3, -0.25) is 4.68 Å². The minimum absolute atomic E-state index is 0.141. The van der Waals surface area contributed by atoms with Crippen LogP contribution in [-0.4, -0.2) is 21.8 Å². The molecule has 4 nitrogen and oxygen atoms in total. The van der Waals surface area contributed by atoms with Gasteiger partial charge in [-0.1, -0.05) is 13.8 Å². The first-order valence-electron chi connectivity index (χ1n) is 6.30. The van der Waals surface area contributed by atoms with Gasteiger partial charge in [0.25, 0.3) is 0 Å². The highest BCUT2D eigenvalue weighted by Gasteiger charge is 2.18. The number of rotatable bonds is 5. The van der Waals surface area contributed by atoms with E-state index in [1.54, 1.807) is 11.3 Å². The molecule has 0 fully saturated rings. The minimum Gasteiger partial charge on any atom is -0.307 e. The van der Waals surface area contributed by atoms with Crippen LogP contribution in [0.4, 0.5) is 0 Å². The fraction of sp³-hybridized carbons (Fsp3) is 0.538. The molecule has 0 aromatic carbocycles. The highest BCUT2D eigenvalue weighted by Crippen LogP contribution is 2.27. The van der Waals surface area contributed by atoms with Crippen LogP contribution in [0.2, 0.25) is 0 Å². The molecule has 2 heterocycles. The molecule has 5 heteroatoms. The average molecular weight is 264 g/mol. The average Bonchev–Trinajstić information content (AvgIpc) is 2.99. The van der Waals surface area contributed by atoms with E-state index in [-0.39, 0.29) is 6.04 Å². The zero-order valence-corrected chi connectivity index (χ0v) is 12.2. The highest BCUT2D eigenvalue weighted by molar-refractivity contribution is 7.09. The monoisotopic (exact) mass is 264 g/mol. The lowest BCUT2D eigenvalue weighted by Gasteiger charge is -2.11. The van der Waals surface area contributed by atoms with Gasteiger partial charge in [-0.25, -0.2) is 4.98 Å². The van der Waals surface area contributed by atoms with Crippen molar-refractivity contribution in [2.75, 3.05) is 7.05 Å². The summed E-state index contributed by atoms with van der Waals surface area (Å²) in [6, 6.07) is 0.141. The van der Waals surface area contributed by atoms with Crippen molar-refractivity contribution in [3.63, 3.8) is 0 Å². The molecule has 0 saturated carbocycles. The summed E-state index contributed by atoms with van der Waals surface area (Å²) in [6.45, 7) is 7.32. The summed E-state index contributed by atoms with van der Waals surface area (Å²) in [7, 11) is 1.96. The summed E-state index contributed by atoms with van der Waals surface area (Å²) >= 11 is 1.71. The van der Waals surface area contributed by atoms with Crippen LogP contribution in [0.5, 0.6) is 0 Å². The Balaban J connectivity index is 2.26. The van der Waals surface area contributed by atoms with Crippen molar-refractivity contribution in [1.82, 2.24) is 20.1 Å². The molecule has 0 spiro atoms. The number of nitrogens with zero attached hydrogens (tertiary/aromatic N) is 3. The predicted octanol–water partition coefficient (Wildman–Crippen LogP) is 2.79. The lowest BCUT2D eigenvalue weighted by molar-refractivity contribution is 0.651. The highest BCUT2D eigenvalue weighted by atomic mass is 32.1. The van der Waals surface area contributed by atoms with Gasteiger partial charge in [-0.2, -0.15) is 5.10 Å². The third-order valence-corrected chi connectivity index (χ3v) is 3.91. The van der Waals surface area contributed by atoms with Gasteiger partial charge in [0, 0.05) is 23.7 Å². The van der Waals surface area contributed by atoms with E-state index in [0.717, 1.165) is 17.2 Å². The Labute approximate surface area is 112 Å². The predicted molar refractivity (Wildman–Crippen MR) is 75.0 cm³/mol. The zero-order chi connectivity index (χ0) is 13.1. The number of aryl methyl sites for hydroxylation is 1. The molecule has 0 amide bonds. The van der Waals surface area contributed by atoms with Crippen molar-refractivity contribution in [2.24, 2.45) is 0 Å². The van der Waals surface area contributed by atoms with Crippen molar-refractivity contribution in [2.45, 2.75) is 39.3 Å². The molecule has 0 bridgehead atoms. The molecule has 1 unspecified atom stereocenters. The summed E-state index contributed by atoms with van der Waals surface area (Å²) in [5, 5.41) is 10.9. The maximum absolute atomic E-state index is 4.71. The second kappa shape index (κ2) is 5.63. The van der Waals surface area contributed by atoms with Gasteiger partial charge in [0.1, 0.15) is 5.01 Å². The van der Waals surface area contributed by atoms with Gasteiger partial charge in [0.05, 0.1) is 17.9 Å². The maximum Gasteiger partial charge on any atom is 0.115 e. The summed E-state index contributed by atoms with van der Waals surface area (Å²) in [6.07, 6.45) is 4.00. The van der Waals surface area contributed by atoms with Crippen molar-refractivity contribution >= 4 is 11.3 Å². The van der Waals surface area contributed by atoms with Crippen LogP contribution in [0.25, 0.3) is 0 Å². The smallest absolute Gasteiger partial charge is 0.115 e. The molecule has 0 radical (unpaired) electrons. The molecule has 1 N–H and O–H groups in total. The Morgan fingerprint density at radius 3 is 2.72 bits per heavy atom. The fourth-order valence-corrected chi connectivity index (χ4v) is 2.95. The molecule has 0 saturated heterocycles. The molecule has 1 atom stereocenters. The van der Waals surface area contributed by atoms with Crippen LogP contribution < -0.4 is 5.32 Å². The van der Waals surface area contributed by atoms with E-state index in [0.29, 0.717) is 5.92 Å². The Kier molecular flexibility index (Phi) is 4.14. The van der Waals surface area contributed by atoms with Crippen molar-refractivity contribution in [3.05, 3.63) is 34.0 Å². The molecule has 0 aliphatic heterocycles. The second-order valence-electron chi connectivity index (χ2n) is 4.62. The number of nitrogens with one attached hydrogen (secondary N) is 1. The molecular formula is C13H20N4S. The van der Waals surface area contributed by atoms with Gasteiger partial charge in [-0.05, 0) is 19.9 Å². The molecule has 0 aliphatic rings. The number of thiazole rings is 1. The summed E-state index contributed by atoms with van der Waals surface area (Å²) in [5.41, 5.74) is 2.34. The fourth-order valence-electron chi connectivity index (χ4n) is 1.83. The lowest BCUT2D eigenvalue weighted by atomic mass is 10.1. The quantitative estimate of drug-likeness (QED) is 0.903. The first-order valence-corrected chi connectivity index (χ1v) is 7.18. The van der Waals surface area contributed by atoms with Crippen LogP contribution >= 0.6 is 11.3 Å². The molecule has 18 heavy (non-hydrogen) atoms. The number of aromatic nitrogens is 3. The van der Waals surface area contributed by atoms with Gasteiger partial charge < -0.3 is 5.32 Å². The van der Waals surface area contributed by atoms with Crippen molar-refractivity contribution in [1.29, 1.82) is 0 Å². The molecular weight excluding hydrogens is 244 g/mol. The normalized spacial score (nSPS) is 13.2. The summed E-state index contributed by atoms with van der Waals surface area (Å²) in [4.78, 5) is 4.71. The summed E-state index contributed by atoms with van der Waals surface area (Å²) in [5.74, 6) is 0.478. The van der Waals surface area contributed by atoms with E-state index in [4.69, 9.17) is 4.98 Å². The van der Waals surface area contributed by atoms with Crippen LogP contribution in [0.1, 0.15) is 49.0 Å². The van der Waals surface area contributed by atoms with E-state index in [1.807, 2.05) is 17.9 Å². The number of hydrogen-bond donors (Lipinski definition) is 1. The molecule has 2 aromatic rings. The third-order valence-electron chi connectivity index (χ3n) is 2.98. The Bertz CT molecular complexity index is 501. The van der Waals surface area contributed by atoms with Crippen molar-refractivity contribution in [3.8, 4) is 0 Å². The van der Waals surface area contributed by atoms with E-state index < -0.39 is 0 Å². The standard InChI is InChI=1S/C13H20N4S/c1-5-17-7-10(6-15-17)12(14-4)13-16-11(8-18-13)9(2)3/h6-9,12,14H,5H2,1-4H3. The topological polar surface area (TPSA) is 42.7 Å². The van der Waals surface area contributed by atoms with Gasteiger partial charge >= 0.3 is 0 Å². The Morgan fingerprint density at radius 2 is 2.22 bits per heavy atom. The Morgan fingerprint density at radius 1 is 1.44 bits per heavy atom. The molecule has 2 rings (SSSR count). The first kappa shape index (κ1) is 13.2. The van der Waals surface area contributed by atoms with Gasteiger partial charge in [0.15, 0.2) is 0 Å². The van der Waals surface area contributed by atoms with Crippen molar-refractivity contribution < 1.29 is 0 Å². The largest absolute Gasteiger partial charge is 0.307 e. The third kappa shape index (κ3) is 2.62. The number of hydrogen-bond acceptors (Lipinski definition) is 4. The van der Waals surface area contributed by atoms with E-state index in [1.165, 1.54) is 5.56 Å². The minimum atomic E-state index is 0.141. The van der Waals surface area contributed by atoms with Crippen LogP contribution in [0.3, 0.4) is 0 Å². The Hall–Kier alpha value is -1.20. The SMILES string of the molecule is CCn1cc(C(NC)c2nc(C(C)C)cs2)cn1. The maximum atomic E-state index is 4.71. The molecule has 0 aliphatic carbocycles. The zero-order valence-electron chi connectivity index (χ0n) is 11.3. The van der Waals surface area contributed by atoms with Crippen LogP contribution in [0, 0.1) is 0 Å².